The number of fused-ring (bicyclic) bond motifs is 1. The molecule has 126 valence electrons. The lowest BCUT2D eigenvalue weighted by Gasteiger charge is -2.28. The highest BCUT2D eigenvalue weighted by Gasteiger charge is 2.33. The van der Waals surface area contributed by atoms with E-state index in [0.29, 0.717) is 27.5 Å². The summed E-state index contributed by atoms with van der Waals surface area (Å²) in [5.41, 5.74) is 2.12. The molecule has 8 nitrogen and oxygen atoms in total. The number of nitrogens with zero attached hydrogens (tertiary/aromatic N) is 4. The Kier molecular flexibility index (Phi) is 4.27. The minimum Gasteiger partial charge on any atom is -0.493 e. The van der Waals surface area contributed by atoms with E-state index in [9.17, 15) is 4.79 Å². The Labute approximate surface area is 147 Å². The summed E-state index contributed by atoms with van der Waals surface area (Å²) in [5.74, 6) is 1.55. The Morgan fingerprint density at radius 2 is 2.08 bits per heavy atom. The molecule has 2 heterocycles. The summed E-state index contributed by atoms with van der Waals surface area (Å²) in [6, 6.07) is 3.24. The molecule has 9 heteroatoms. The lowest BCUT2D eigenvalue weighted by Crippen LogP contribution is -2.28. The number of ketones is 1. The second kappa shape index (κ2) is 6.23. The van der Waals surface area contributed by atoms with Crippen molar-refractivity contribution < 1.29 is 14.3 Å². The van der Waals surface area contributed by atoms with Crippen LogP contribution < -0.4 is 14.8 Å². The van der Waals surface area contributed by atoms with Gasteiger partial charge in [0.2, 0.25) is 5.95 Å². The van der Waals surface area contributed by atoms with E-state index in [4.69, 9.17) is 9.47 Å². The zero-order valence-corrected chi connectivity index (χ0v) is 15.2. The van der Waals surface area contributed by atoms with Gasteiger partial charge in [-0.25, -0.2) is 0 Å². The van der Waals surface area contributed by atoms with Gasteiger partial charge < -0.3 is 14.8 Å². The zero-order chi connectivity index (χ0) is 17.4. The highest BCUT2D eigenvalue weighted by Crippen LogP contribution is 2.42. The summed E-state index contributed by atoms with van der Waals surface area (Å²) in [6.07, 6.45) is 0. The zero-order valence-electron chi connectivity index (χ0n) is 13.6. The fourth-order valence-corrected chi connectivity index (χ4v) is 3.49. The number of tetrazole rings is 1. The first-order valence-corrected chi connectivity index (χ1v) is 7.95. The number of allylic oxidation sites excluding steroid dienone is 2. The quantitative estimate of drug-likeness (QED) is 0.851. The van der Waals surface area contributed by atoms with Gasteiger partial charge in [0.15, 0.2) is 17.3 Å². The minimum atomic E-state index is -0.454. The van der Waals surface area contributed by atoms with E-state index in [1.54, 1.807) is 18.9 Å². The lowest BCUT2D eigenvalue weighted by molar-refractivity contribution is -0.114. The van der Waals surface area contributed by atoms with E-state index in [0.717, 1.165) is 11.3 Å². The Morgan fingerprint density at radius 1 is 1.33 bits per heavy atom. The Hall–Kier alpha value is -2.42. The van der Waals surface area contributed by atoms with Crippen LogP contribution in [0, 0.1) is 0 Å². The molecule has 1 aromatic heterocycles. The first-order valence-electron chi connectivity index (χ1n) is 7.16. The van der Waals surface area contributed by atoms with Crippen LogP contribution in [-0.4, -0.2) is 40.2 Å². The number of carbonyl (C=O) groups is 1. The molecule has 0 spiro atoms. The number of rotatable bonds is 4. The van der Waals surface area contributed by atoms with Gasteiger partial charge in [0, 0.05) is 11.3 Å². The third-order valence-corrected chi connectivity index (χ3v) is 4.45. The van der Waals surface area contributed by atoms with Crippen LogP contribution in [0.2, 0.25) is 0 Å². The first-order chi connectivity index (χ1) is 11.5. The molecule has 1 N–H and O–H groups in total. The number of halogens is 1. The van der Waals surface area contributed by atoms with Crippen molar-refractivity contribution in [1.29, 1.82) is 0 Å². The predicted molar refractivity (Wildman–Crippen MR) is 90.2 cm³/mol. The van der Waals surface area contributed by atoms with Crippen molar-refractivity contribution in [3.63, 3.8) is 0 Å². The first kappa shape index (κ1) is 16.4. The number of benzene rings is 1. The van der Waals surface area contributed by atoms with Crippen LogP contribution in [0.3, 0.4) is 0 Å². The van der Waals surface area contributed by atoms with Gasteiger partial charge in [-0.2, -0.15) is 4.68 Å². The van der Waals surface area contributed by atoms with Crippen LogP contribution in [-0.2, 0) is 4.79 Å². The largest absolute Gasteiger partial charge is 0.493 e. The van der Waals surface area contributed by atoms with E-state index in [1.165, 1.54) is 6.92 Å². The molecule has 0 amide bonds. The Morgan fingerprint density at radius 3 is 2.71 bits per heavy atom. The molecule has 0 unspecified atom stereocenters. The maximum atomic E-state index is 12.2. The van der Waals surface area contributed by atoms with Crippen LogP contribution in [0.1, 0.15) is 25.5 Å². The third kappa shape index (κ3) is 2.54. The maximum Gasteiger partial charge on any atom is 0.248 e. The number of Topliss-reactive ketones (excluding diaryl/α,β-unsaturated/α-hetero) is 1. The van der Waals surface area contributed by atoms with Crippen LogP contribution in [0.25, 0.3) is 0 Å². The molecule has 0 bridgehead atoms. The molecule has 0 radical (unpaired) electrons. The highest BCUT2D eigenvalue weighted by atomic mass is 79.9. The van der Waals surface area contributed by atoms with Gasteiger partial charge >= 0.3 is 0 Å². The number of hydrogen-bond acceptors (Lipinski definition) is 7. The van der Waals surface area contributed by atoms with Crippen molar-refractivity contribution in [3.05, 3.63) is 33.4 Å². The summed E-state index contributed by atoms with van der Waals surface area (Å²) >= 11 is 3.49. The van der Waals surface area contributed by atoms with Crippen LogP contribution in [0.5, 0.6) is 11.5 Å². The highest BCUT2D eigenvalue weighted by molar-refractivity contribution is 9.10. The molecule has 1 atom stereocenters. The van der Waals surface area contributed by atoms with E-state index in [-0.39, 0.29) is 5.78 Å². The molecule has 2 aromatic rings. The summed E-state index contributed by atoms with van der Waals surface area (Å²) in [5, 5.41) is 14.7. The summed E-state index contributed by atoms with van der Waals surface area (Å²) in [7, 11) is 3.13. The molecule has 0 saturated heterocycles. The van der Waals surface area contributed by atoms with Crippen LogP contribution in [0.4, 0.5) is 5.95 Å². The van der Waals surface area contributed by atoms with E-state index in [1.807, 2.05) is 19.1 Å². The third-order valence-electron chi connectivity index (χ3n) is 3.87. The molecular weight excluding hydrogens is 378 g/mol. The number of methoxy groups -OCH3 is 2. The SMILES string of the molecule is COc1cc([C@@H]2C(C(C)=O)=C(C)Nc3nnnn32)cc(Br)c1OC. The van der Waals surface area contributed by atoms with Crippen molar-refractivity contribution in [2.24, 2.45) is 0 Å². The van der Waals surface area contributed by atoms with Gasteiger partial charge in [-0.1, -0.05) is 5.10 Å². The van der Waals surface area contributed by atoms with Gasteiger partial charge in [-0.15, -0.1) is 0 Å². The topological polar surface area (TPSA) is 91.2 Å². The molecule has 1 aromatic carbocycles. The number of carbonyl (C=O) groups excluding carboxylic acids is 1. The van der Waals surface area contributed by atoms with Crippen molar-refractivity contribution in [3.8, 4) is 11.5 Å². The van der Waals surface area contributed by atoms with Gasteiger partial charge in [0.05, 0.1) is 18.7 Å². The Bertz CT molecular complexity index is 846. The number of hydrogen-bond donors (Lipinski definition) is 1. The molecule has 24 heavy (non-hydrogen) atoms. The van der Waals surface area contributed by atoms with Crippen molar-refractivity contribution >= 4 is 27.7 Å². The van der Waals surface area contributed by atoms with Gasteiger partial charge in [-0.3, -0.25) is 4.79 Å². The van der Waals surface area contributed by atoms with Gasteiger partial charge in [-0.05, 0) is 57.9 Å². The second-order valence-corrected chi connectivity index (χ2v) is 6.16. The summed E-state index contributed by atoms with van der Waals surface area (Å²) < 4.78 is 13.1. The molecule has 0 aliphatic carbocycles. The molecule has 1 aliphatic heterocycles. The van der Waals surface area contributed by atoms with E-state index >= 15 is 0 Å². The molecule has 3 rings (SSSR count). The fraction of sp³-hybridized carbons (Fsp3) is 0.333. The number of aromatic nitrogens is 4. The lowest BCUT2D eigenvalue weighted by atomic mass is 9.93. The van der Waals surface area contributed by atoms with E-state index < -0.39 is 6.04 Å². The van der Waals surface area contributed by atoms with Crippen molar-refractivity contribution in [2.75, 3.05) is 19.5 Å². The number of anilines is 1. The van der Waals surface area contributed by atoms with Crippen molar-refractivity contribution in [2.45, 2.75) is 19.9 Å². The Balaban J connectivity index is 2.24. The smallest absolute Gasteiger partial charge is 0.248 e. The standard InChI is InChI=1S/C15H16BrN5O3/c1-7-12(8(2)22)13(21-15(17-7)18-19-20-21)9-5-10(16)14(24-4)11(6-9)23-3/h5-6,13H,1-4H3,(H,17,18,20)/t13-/m1/s1. The molecular formula is C15H16BrN5O3. The molecule has 0 saturated carbocycles. The minimum absolute atomic E-state index is 0.0583. The summed E-state index contributed by atoms with van der Waals surface area (Å²) in [4.78, 5) is 12.2. The maximum absolute atomic E-state index is 12.2. The predicted octanol–water partition coefficient (Wildman–Crippen LogP) is 2.33. The normalized spacial score (nSPS) is 16.5. The average Bonchev–Trinajstić information content (AvgIpc) is 3.00. The van der Waals surface area contributed by atoms with Gasteiger partial charge in [0.1, 0.15) is 6.04 Å². The average molecular weight is 394 g/mol. The molecule has 0 fully saturated rings. The van der Waals surface area contributed by atoms with Crippen LogP contribution >= 0.6 is 15.9 Å². The van der Waals surface area contributed by atoms with Crippen molar-refractivity contribution in [1.82, 2.24) is 20.2 Å². The number of ether oxygens (including phenoxy) is 2. The molecule has 1 aliphatic rings. The fourth-order valence-electron chi connectivity index (χ4n) is 2.87. The van der Waals surface area contributed by atoms with Gasteiger partial charge in [0.25, 0.3) is 0 Å². The van der Waals surface area contributed by atoms with Crippen LogP contribution in [0.15, 0.2) is 27.9 Å². The summed E-state index contributed by atoms with van der Waals surface area (Å²) in [6.45, 7) is 3.36. The number of nitrogens with one attached hydrogen (secondary N) is 1. The monoisotopic (exact) mass is 393 g/mol. The second-order valence-electron chi connectivity index (χ2n) is 5.31. The van der Waals surface area contributed by atoms with E-state index in [2.05, 4.69) is 36.8 Å².